The molecule has 150 valence electrons. The average molecular weight is 410 g/mol. The van der Waals surface area contributed by atoms with Crippen LogP contribution in [0.25, 0.3) is 0 Å². The van der Waals surface area contributed by atoms with Crippen LogP contribution in [0, 0.1) is 6.92 Å². The molecule has 0 bridgehead atoms. The lowest BCUT2D eigenvalue weighted by atomic mass is 9.83. The number of ketones is 1. The Kier molecular flexibility index (Phi) is 6.27. The standard InChI is InChI=1S/C23H22O5S/c1-18-12-14-21(15-13-18)29(26,27)28-17-16-23(25,20-10-6-3-7-11-20)22(24)19-8-4-2-5-9-19/h2-15,25H,16-17H2,1H3. The van der Waals surface area contributed by atoms with E-state index in [0.29, 0.717) is 11.1 Å². The van der Waals surface area contributed by atoms with Gasteiger partial charge in [-0.25, -0.2) is 0 Å². The Morgan fingerprint density at radius 1 is 0.897 bits per heavy atom. The van der Waals surface area contributed by atoms with Crippen LogP contribution < -0.4 is 0 Å². The van der Waals surface area contributed by atoms with Gasteiger partial charge in [-0.2, -0.15) is 8.42 Å². The number of hydrogen-bond donors (Lipinski definition) is 1. The van der Waals surface area contributed by atoms with Gasteiger partial charge in [-0.15, -0.1) is 0 Å². The van der Waals surface area contributed by atoms with Crippen LogP contribution in [0.2, 0.25) is 0 Å². The third kappa shape index (κ3) is 4.79. The molecular formula is C23H22O5S. The predicted octanol–water partition coefficient (Wildman–Crippen LogP) is 3.86. The minimum atomic E-state index is -3.99. The molecule has 1 unspecified atom stereocenters. The van der Waals surface area contributed by atoms with Crippen molar-refractivity contribution >= 4 is 15.9 Å². The molecule has 0 fully saturated rings. The summed E-state index contributed by atoms with van der Waals surface area (Å²) in [4.78, 5) is 13.1. The highest BCUT2D eigenvalue weighted by Crippen LogP contribution is 2.30. The molecule has 0 aliphatic carbocycles. The van der Waals surface area contributed by atoms with E-state index in [-0.39, 0.29) is 17.9 Å². The van der Waals surface area contributed by atoms with E-state index in [1.54, 1.807) is 72.8 Å². The normalized spacial score (nSPS) is 13.6. The lowest BCUT2D eigenvalue weighted by Gasteiger charge is -2.27. The molecule has 3 rings (SSSR count). The van der Waals surface area contributed by atoms with E-state index in [1.165, 1.54) is 12.1 Å². The van der Waals surface area contributed by atoms with Crippen LogP contribution in [0.4, 0.5) is 0 Å². The molecule has 0 saturated carbocycles. The van der Waals surface area contributed by atoms with Crippen molar-refractivity contribution in [1.82, 2.24) is 0 Å². The molecule has 0 saturated heterocycles. The molecule has 0 aliphatic rings. The van der Waals surface area contributed by atoms with Crippen LogP contribution >= 0.6 is 0 Å². The Bertz CT molecular complexity index is 1060. The molecule has 0 spiro atoms. The fourth-order valence-electron chi connectivity index (χ4n) is 3.00. The van der Waals surface area contributed by atoms with Gasteiger partial charge >= 0.3 is 0 Å². The Balaban J connectivity index is 1.83. The van der Waals surface area contributed by atoms with Gasteiger partial charge in [0.15, 0.2) is 11.4 Å². The summed E-state index contributed by atoms with van der Waals surface area (Å²) in [7, 11) is -3.99. The number of rotatable bonds is 8. The average Bonchev–Trinajstić information content (AvgIpc) is 2.74. The van der Waals surface area contributed by atoms with Crippen molar-refractivity contribution in [2.24, 2.45) is 0 Å². The lowest BCUT2D eigenvalue weighted by Crippen LogP contribution is -2.37. The molecule has 0 aliphatic heterocycles. The predicted molar refractivity (Wildman–Crippen MR) is 110 cm³/mol. The fraction of sp³-hybridized carbons (Fsp3) is 0.174. The summed E-state index contributed by atoms with van der Waals surface area (Å²) in [5.41, 5.74) is -0.271. The molecule has 29 heavy (non-hydrogen) atoms. The van der Waals surface area contributed by atoms with Crippen molar-refractivity contribution in [2.45, 2.75) is 23.8 Å². The van der Waals surface area contributed by atoms with Gasteiger partial charge in [-0.3, -0.25) is 8.98 Å². The highest BCUT2D eigenvalue weighted by molar-refractivity contribution is 7.86. The van der Waals surface area contributed by atoms with Crippen molar-refractivity contribution in [1.29, 1.82) is 0 Å². The van der Waals surface area contributed by atoms with Gasteiger partial charge in [0.25, 0.3) is 10.1 Å². The van der Waals surface area contributed by atoms with E-state index in [2.05, 4.69) is 0 Å². The molecule has 1 atom stereocenters. The number of carbonyl (C=O) groups excluding carboxylic acids is 1. The van der Waals surface area contributed by atoms with Gasteiger partial charge in [0.1, 0.15) is 0 Å². The highest BCUT2D eigenvalue weighted by Gasteiger charge is 2.38. The monoisotopic (exact) mass is 410 g/mol. The zero-order valence-electron chi connectivity index (χ0n) is 16.0. The minimum absolute atomic E-state index is 0.0285. The van der Waals surface area contributed by atoms with Gasteiger partial charge in [0.05, 0.1) is 11.5 Å². The van der Waals surface area contributed by atoms with Gasteiger partial charge in [0.2, 0.25) is 0 Å². The quantitative estimate of drug-likeness (QED) is 0.450. The van der Waals surface area contributed by atoms with E-state index in [0.717, 1.165) is 5.56 Å². The van der Waals surface area contributed by atoms with E-state index >= 15 is 0 Å². The Morgan fingerprint density at radius 3 is 2.03 bits per heavy atom. The molecule has 0 aromatic heterocycles. The first-order valence-corrected chi connectivity index (χ1v) is 10.6. The summed E-state index contributed by atoms with van der Waals surface area (Å²) in [6.07, 6.45) is -0.212. The van der Waals surface area contributed by atoms with E-state index < -0.39 is 21.5 Å². The number of Topliss-reactive ketones (excluding diaryl/α,β-unsaturated/α-hetero) is 1. The largest absolute Gasteiger partial charge is 0.377 e. The SMILES string of the molecule is Cc1ccc(S(=O)(=O)OCCC(O)(C(=O)c2ccccc2)c2ccccc2)cc1. The van der Waals surface area contributed by atoms with Gasteiger partial charge in [-0.05, 0) is 24.6 Å². The zero-order chi connectivity index (χ0) is 20.9. The second kappa shape index (κ2) is 8.69. The number of hydrogen-bond acceptors (Lipinski definition) is 5. The number of aliphatic hydroxyl groups is 1. The first-order valence-electron chi connectivity index (χ1n) is 9.17. The molecular weight excluding hydrogens is 388 g/mol. The van der Waals surface area contributed by atoms with E-state index in [1.807, 2.05) is 6.92 Å². The van der Waals surface area contributed by atoms with Gasteiger partial charge < -0.3 is 5.11 Å². The molecule has 3 aromatic rings. The molecule has 3 aromatic carbocycles. The van der Waals surface area contributed by atoms with E-state index in [4.69, 9.17) is 4.18 Å². The molecule has 1 N–H and O–H groups in total. The van der Waals surface area contributed by atoms with Crippen molar-refractivity contribution in [2.75, 3.05) is 6.61 Å². The van der Waals surface area contributed by atoms with Crippen molar-refractivity contribution in [3.05, 3.63) is 102 Å². The Hall–Kier alpha value is -2.80. The van der Waals surface area contributed by atoms with Crippen LogP contribution in [0.1, 0.15) is 27.9 Å². The third-order valence-corrected chi connectivity index (χ3v) is 6.00. The van der Waals surface area contributed by atoms with Crippen LogP contribution in [0.3, 0.4) is 0 Å². The smallest absolute Gasteiger partial charge is 0.296 e. The lowest BCUT2D eigenvalue weighted by molar-refractivity contribution is 0.0183. The molecule has 0 radical (unpaired) electrons. The van der Waals surface area contributed by atoms with Crippen LogP contribution in [0.5, 0.6) is 0 Å². The third-order valence-electron chi connectivity index (χ3n) is 4.67. The van der Waals surface area contributed by atoms with Gasteiger partial charge in [-0.1, -0.05) is 78.4 Å². The minimum Gasteiger partial charge on any atom is -0.377 e. The number of benzene rings is 3. The summed E-state index contributed by atoms with van der Waals surface area (Å²) >= 11 is 0. The first kappa shape index (κ1) is 20.9. The van der Waals surface area contributed by atoms with Crippen molar-refractivity contribution in [3.63, 3.8) is 0 Å². The van der Waals surface area contributed by atoms with Crippen molar-refractivity contribution < 1.29 is 22.5 Å². The summed E-state index contributed by atoms with van der Waals surface area (Å²) in [5, 5.41) is 11.3. The summed E-state index contributed by atoms with van der Waals surface area (Å²) in [6, 6.07) is 23.1. The first-order chi connectivity index (χ1) is 13.8. The van der Waals surface area contributed by atoms with Crippen LogP contribution in [0.15, 0.2) is 89.8 Å². The molecule has 0 heterocycles. The molecule has 6 heteroatoms. The summed E-state index contributed by atoms with van der Waals surface area (Å²) in [6.45, 7) is 1.51. The highest BCUT2D eigenvalue weighted by atomic mass is 32.2. The maximum absolute atomic E-state index is 13.1. The van der Waals surface area contributed by atoms with E-state index in [9.17, 15) is 18.3 Å². The Labute approximate surface area is 170 Å². The number of aryl methyl sites for hydroxylation is 1. The second-order valence-corrected chi connectivity index (χ2v) is 8.38. The molecule has 5 nitrogen and oxygen atoms in total. The zero-order valence-corrected chi connectivity index (χ0v) is 16.8. The maximum atomic E-state index is 13.1. The topological polar surface area (TPSA) is 80.7 Å². The molecule has 0 amide bonds. The summed E-state index contributed by atoms with van der Waals surface area (Å²) < 4.78 is 30.0. The van der Waals surface area contributed by atoms with Gasteiger partial charge in [0, 0.05) is 12.0 Å². The fourth-order valence-corrected chi connectivity index (χ4v) is 3.91. The number of carbonyl (C=O) groups is 1. The van der Waals surface area contributed by atoms with Crippen molar-refractivity contribution in [3.8, 4) is 0 Å². The summed E-state index contributed by atoms with van der Waals surface area (Å²) in [5.74, 6) is -0.513. The maximum Gasteiger partial charge on any atom is 0.296 e. The van der Waals surface area contributed by atoms with Crippen LogP contribution in [-0.4, -0.2) is 25.9 Å². The second-order valence-electron chi connectivity index (χ2n) is 6.76. The van der Waals surface area contributed by atoms with Crippen LogP contribution in [-0.2, 0) is 19.9 Å². The Morgan fingerprint density at radius 2 is 1.45 bits per heavy atom.